The van der Waals surface area contributed by atoms with Gasteiger partial charge >= 0.3 is 0 Å². The second-order valence-electron chi connectivity index (χ2n) is 4.24. The smallest absolute Gasteiger partial charge is 0.162 e. The van der Waals surface area contributed by atoms with Gasteiger partial charge in [-0.3, -0.25) is 0 Å². The Balaban J connectivity index is 2.19. The Labute approximate surface area is 127 Å². The standard InChI is InChI=1S/C15H17BrN2O2/c1-19-14-7-12(17)13(8-15(14)20-2)18-9-10-5-3-4-6-11(10)16/h3-8,18H,9,17H2,1-2H3. The number of anilines is 2. The predicted octanol–water partition coefficient (Wildman–Crippen LogP) is 3.66. The van der Waals surface area contributed by atoms with Gasteiger partial charge in [0.15, 0.2) is 11.5 Å². The molecule has 0 fully saturated rings. The quantitative estimate of drug-likeness (QED) is 0.818. The lowest BCUT2D eigenvalue weighted by Crippen LogP contribution is -2.04. The summed E-state index contributed by atoms with van der Waals surface area (Å²) in [6, 6.07) is 11.6. The highest BCUT2D eigenvalue weighted by atomic mass is 79.9. The van der Waals surface area contributed by atoms with Crippen LogP contribution in [0.2, 0.25) is 0 Å². The van der Waals surface area contributed by atoms with Gasteiger partial charge in [0.05, 0.1) is 25.6 Å². The molecular formula is C15H17BrN2O2. The second kappa shape index (κ2) is 6.52. The molecule has 3 N–H and O–H groups in total. The average molecular weight is 337 g/mol. The molecule has 0 atom stereocenters. The molecule has 0 aliphatic heterocycles. The maximum absolute atomic E-state index is 6.01. The largest absolute Gasteiger partial charge is 0.493 e. The molecule has 0 radical (unpaired) electrons. The van der Waals surface area contributed by atoms with Crippen LogP contribution in [0.5, 0.6) is 11.5 Å². The average Bonchev–Trinajstić information content (AvgIpc) is 2.47. The third-order valence-electron chi connectivity index (χ3n) is 2.98. The SMILES string of the molecule is COc1cc(N)c(NCc2ccccc2Br)cc1OC. The van der Waals surface area contributed by atoms with Gasteiger partial charge < -0.3 is 20.5 Å². The summed E-state index contributed by atoms with van der Waals surface area (Å²) in [6.45, 7) is 0.668. The zero-order valence-electron chi connectivity index (χ0n) is 11.4. The first-order valence-corrected chi connectivity index (χ1v) is 6.93. The van der Waals surface area contributed by atoms with Crippen LogP contribution in [0.4, 0.5) is 11.4 Å². The molecule has 20 heavy (non-hydrogen) atoms. The van der Waals surface area contributed by atoms with Crippen LogP contribution in [0.3, 0.4) is 0 Å². The minimum absolute atomic E-state index is 0.620. The fraction of sp³-hybridized carbons (Fsp3) is 0.200. The summed E-state index contributed by atoms with van der Waals surface area (Å²) in [4.78, 5) is 0. The molecule has 2 rings (SSSR count). The van der Waals surface area contributed by atoms with E-state index in [0.717, 1.165) is 15.7 Å². The van der Waals surface area contributed by atoms with E-state index in [1.807, 2.05) is 30.3 Å². The molecule has 0 unspecified atom stereocenters. The molecule has 0 saturated heterocycles. The van der Waals surface area contributed by atoms with Gasteiger partial charge in [0.25, 0.3) is 0 Å². The third-order valence-corrected chi connectivity index (χ3v) is 3.76. The number of methoxy groups -OCH3 is 2. The summed E-state index contributed by atoms with van der Waals surface area (Å²) in [5, 5.41) is 3.31. The van der Waals surface area contributed by atoms with Crippen LogP contribution < -0.4 is 20.5 Å². The van der Waals surface area contributed by atoms with E-state index in [1.54, 1.807) is 20.3 Å². The molecule has 4 nitrogen and oxygen atoms in total. The van der Waals surface area contributed by atoms with Crippen LogP contribution >= 0.6 is 15.9 Å². The third kappa shape index (κ3) is 3.17. The van der Waals surface area contributed by atoms with Gasteiger partial charge in [-0.1, -0.05) is 34.1 Å². The number of nitrogens with two attached hydrogens (primary N) is 1. The summed E-state index contributed by atoms with van der Waals surface area (Å²) in [5.74, 6) is 1.27. The molecule has 0 saturated carbocycles. The lowest BCUT2D eigenvalue weighted by atomic mass is 10.2. The number of benzene rings is 2. The summed E-state index contributed by atoms with van der Waals surface area (Å²) < 4.78 is 11.6. The van der Waals surface area contributed by atoms with Crippen molar-refractivity contribution in [3.05, 3.63) is 46.4 Å². The first-order valence-electron chi connectivity index (χ1n) is 6.14. The topological polar surface area (TPSA) is 56.5 Å². The highest BCUT2D eigenvalue weighted by Gasteiger charge is 2.09. The van der Waals surface area contributed by atoms with E-state index in [2.05, 4.69) is 21.2 Å². The lowest BCUT2D eigenvalue weighted by molar-refractivity contribution is 0.355. The Morgan fingerprint density at radius 3 is 2.40 bits per heavy atom. The maximum Gasteiger partial charge on any atom is 0.162 e. The van der Waals surface area contributed by atoms with E-state index in [9.17, 15) is 0 Å². The zero-order valence-corrected chi connectivity index (χ0v) is 13.0. The van der Waals surface area contributed by atoms with Gasteiger partial charge in [-0.25, -0.2) is 0 Å². The van der Waals surface area contributed by atoms with E-state index in [-0.39, 0.29) is 0 Å². The number of rotatable bonds is 5. The van der Waals surface area contributed by atoms with E-state index in [1.165, 1.54) is 0 Å². The van der Waals surface area contributed by atoms with E-state index in [0.29, 0.717) is 23.7 Å². The van der Waals surface area contributed by atoms with Crippen molar-refractivity contribution in [2.45, 2.75) is 6.54 Å². The highest BCUT2D eigenvalue weighted by molar-refractivity contribution is 9.10. The summed E-state index contributed by atoms with van der Waals surface area (Å²) in [7, 11) is 3.19. The Hall–Kier alpha value is -1.88. The second-order valence-corrected chi connectivity index (χ2v) is 5.09. The maximum atomic E-state index is 6.01. The Kier molecular flexibility index (Phi) is 4.74. The number of hydrogen-bond acceptors (Lipinski definition) is 4. The van der Waals surface area contributed by atoms with Crippen LogP contribution in [-0.4, -0.2) is 14.2 Å². The summed E-state index contributed by atoms with van der Waals surface area (Å²) in [5.41, 5.74) is 8.61. The first-order chi connectivity index (χ1) is 9.65. The fourth-order valence-corrected chi connectivity index (χ4v) is 2.30. The summed E-state index contributed by atoms with van der Waals surface area (Å²) >= 11 is 3.52. The molecule has 0 bridgehead atoms. The molecule has 0 aromatic heterocycles. The molecular weight excluding hydrogens is 320 g/mol. The van der Waals surface area contributed by atoms with E-state index < -0.39 is 0 Å². The minimum Gasteiger partial charge on any atom is -0.493 e. The number of nitrogen functional groups attached to an aromatic ring is 1. The van der Waals surface area contributed by atoms with Gasteiger partial charge in [0.2, 0.25) is 0 Å². The van der Waals surface area contributed by atoms with Gasteiger partial charge in [-0.05, 0) is 11.6 Å². The molecule has 2 aromatic rings. The van der Waals surface area contributed by atoms with Crippen molar-refractivity contribution in [3.8, 4) is 11.5 Å². The summed E-state index contributed by atoms with van der Waals surface area (Å²) in [6.07, 6.45) is 0. The van der Waals surface area contributed by atoms with Crippen LogP contribution in [0.15, 0.2) is 40.9 Å². The molecule has 0 heterocycles. The van der Waals surface area contributed by atoms with Gasteiger partial charge in [0, 0.05) is 23.2 Å². The van der Waals surface area contributed by atoms with Crippen LogP contribution in [-0.2, 0) is 6.54 Å². The van der Waals surface area contributed by atoms with Crippen molar-refractivity contribution in [2.24, 2.45) is 0 Å². The van der Waals surface area contributed by atoms with Crippen LogP contribution in [0, 0.1) is 0 Å². The normalized spacial score (nSPS) is 10.2. The van der Waals surface area contributed by atoms with Gasteiger partial charge in [-0.15, -0.1) is 0 Å². The van der Waals surface area contributed by atoms with Gasteiger partial charge in [-0.2, -0.15) is 0 Å². The Bertz CT molecular complexity index is 602. The Morgan fingerprint density at radius 1 is 1.10 bits per heavy atom. The number of hydrogen-bond donors (Lipinski definition) is 2. The molecule has 0 aliphatic carbocycles. The molecule has 0 spiro atoms. The number of halogens is 1. The number of nitrogens with one attached hydrogen (secondary N) is 1. The first kappa shape index (κ1) is 14.5. The van der Waals surface area contributed by atoms with Crippen molar-refractivity contribution in [1.82, 2.24) is 0 Å². The monoisotopic (exact) mass is 336 g/mol. The predicted molar refractivity (Wildman–Crippen MR) is 85.4 cm³/mol. The fourth-order valence-electron chi connectivity index (χ4n) is 1.88. The lowest BCUT2D eigenvalue weighted by Gasteiger charge is -2.14. The Morgan fingerprint density at radius 2 is 1.75 bits per heavy atom. The molecule has 5 heteroatoms. The molecule has 2 aromatic carbocycles. The van der Waals surface area contributed by atoms with Crippen LogP contribution in [0.1, 0.15) is 5.56 Å². The van der Waals surface area contributed by atoms with Crippen molar-refractivity contribution in [3.63, 3.8) is 0 Å². The molecule has 0 aliphatic rings. The van der Waals surface area contributed by atoms with Crippen molar-refractivity contribution < 1.29 is 9.47 Å². The molecule has 0 amide bonds. The van der Waals surface area contributed by atoms with Crippen molar-refractivity contribution in [1.29, 1.82) is 0 Å². The van der Waals surface area contributed by atoms with Gasteiger partial charge in [0.1, 0.15) is 0 Å². The minimum atomic E-state index is 0.620. The molecule has 106 valence electrons. The highest BCUT2D eigenvalue weighted by Crippen LogP contribution is 2.35. The van der Waals surface area contributed by atoms with E-state index >= 15 is 0 Å². The van der Waals surface area contributed by atoms with Crippen molar-refractivity contribution >= 4 is 27.3 Å². The van der Waals surface area contributed by atoms with E-state index in [4.69, 9.17) is 15.2 Å². The van der Waals surface area contributed by atoms with Crippen molar-refractivity contribution in [2.75, 3.05) is 25.3 Å². The number of ether oxygens (including phenoxy) is 2. The van der Waals surface area contributed by atoms with Crippen LogP contribution in [0.25, 0.3) is 0 Å². The zero-order chi connectivity index (χ0) is 14.5.